The van der Waals surface area contributed by atoms with Gasteiger partial charge in [0, 0.05) is 37.4 Å². The van der Waals surface area contributed by atoms with Gasteiger partial charge in [-0.3, -0.25) is 0 Å². The second kappa shape index (κ2) is 6.69. The zero-order valence-corrected chi connectivity index (χ0v) is 15.3. The van der Waals surface area contributed by atoms with Crippen molar-refractivity contribution in [3.8, 4) is 0 Å². The summed E-state index contributed by atoms with van der Waals surface area (Å²) in [6.07, 6.45) is 5.63. The average Bonchev–Trinajstić information content (AvgIpc) is 3.05. The lowest BCUT2D eigenvalue weighted by Gasteiger charge is -2.32. The molecular weight excluding hydrogens is 322 g/mol. The third kappa shape index (κ3) is 3.26. The molecule has 1 atom stereocenters. The molecule has 0 radical (unpaired) electrons. The SMILES string of the molecule is Cc1cccc(S(=O)(=O)N2CCC[C@@H](c3nccn3C(C)C)C2)c1. The number of aromatic nitrogens is 2. The number of hydrogen-bond donors (Lipinski definition) is 0. The third-order valence-electron chi connectivity index (χ3n) is 4.63. The lowest BCUT2D eigenvalue weighted by Crippen LogP contribution is -2.39. The highest BCUT2D eigenvalue weighted by molar-refractivity contribution is 7.89. The zero-order chi connectivity index (χ0) is 17.3. The fourth-order valence-corrected chi connectivity index (χ4v) is 5.00. The number of hydrogen-bond acceptors (Lipinski definition) is 3. The monoisotopic (exact) mass is 347 g/mol. The van der Waals surface area contributed by atoms with Crippen LogP contribution in [0.5, 0.6) is 0 Å². The van der Waals surface area contributed by atoms with E-state index in [1.165, 1.54) is 0 Å². The Hall–Kier alpha value is -1.66. The van der Waals surface area contributed by atoms with E-state index >= 15 is 0 Å². The van der Waals surface area contributed by atoms with Crippen molar-refractivity contribution in [3.63, 3.8) is 0 Å². The van der Waals surface area contributed by atoms with Gasteiger partial charge in [0.05, 0.1) is 4.90 Å². The van der Waals surface area contributed by atoms with Crippen LogP contribution in [-0.4, -0.2) is 35.4 Å². The molecule has 0 bridgehead atoms. The second-order valence-corrected chi connectivity index (χ2v) is 8.74. The van der Waals surface area contributed by atoms with Crippen LogP contribution in [0.25, 0.3) is 0 Å². The number of sulfonamides is 1. The van der Waals surface area contributed by atoms with Gasteiger partial charge in [-0.1, -0.05) is 12.1 Å². The van der Waals surface area contributed by atoms with Gasteiger partial charge in [-0.05, 0) is 51.3 Å². The average molecular weight is 347 g/mol. The first-order chi connectivity index (χ1) is 11.4. The maximum absolute atomic E-state index is 13.0. The highest BCUT2D eigenvalue weighted by Gasteiger charge is 2.32. The summed E-state index contributed by atoms with van der Waals surface area (Å²) >= 11 is 0. The van der Waals surface area contributed by atoms with E-state index in [-0.39, 0.29) is 5.92 Å². The van der Waals surface area contributed by atoms with E-state index < -0.39 is 10.0 Å². The number of benzene rings is 1. The van der Waals surface area contributed by atoms with E-state index in [0.717, 1.165) is 24.2 Å². The van der Waals surface area contributed by atoms with Crippen LogP contribution in [-0.2, 0) is 10.0 Å². The Bertz CT molecular complexity index is 811. The van der Waals surface area contributed by atoms with Crippen LogP contribution in [0.3, 0.4) is 0 Å². The maximum atomic E-state index is 13.0. The molecule has 24 heavy (non-hydrogen) atoms. The number of piperidine rings is 1. The first-order valence-corrected chi connectivity index (χ1v) is 9.93. The predicted molar refractivity (Wildman–Crippen MR) is 94.5 cm³/mol. The fourth-order valence-electron chi connectivity index (χ4n) is 3.37. The molecule has 1 saturated heterocycles. The van der Waals surface area contributed by atoms with E-state index in [1.54, 1.807) is 22.5 Å². The standard InChI is InChI=1S/C18H25N3O2S/c1-14(2)21-11-9-19-18(21)16-7-5-10-20(13-16)24(22,23)17-8-4-6-15(3)12-17/h4,6,8-9,11-12,14,16H,5,7,10,13H2,1-3H3/t16-/m1/s1. The predicted octanol–water partition coefficient (Wildman–Crippen LogP) is 3.34. The Morgan fingerprint density at radius 1 is 1.29 bits per heavy atom. The lowest BCUT2D eigenvalue weighted by molar-refractivity contribution is 0.302. The Morgan fingerprint density at radius 3 is 2.79 bits per heavy atom. The number of aryl methyl sites for hydroxylation is 1. The lowest BCUT2D eigenvalue weighted by atomic mass is 9.98. The quantitative estimate of drug-likeness (QED) is 0.852. The summed E-state index contributed by atoms with van der Waals surface area (Å²) in [5.41, 5.74) is 0.958. The van der Waals surface area contributed by atoms with Crippen LogP contribution in [0.4, 0.5) is 0 Å². The first kappa shape index (κ1) is 17.2. The zero-order valence-electron chi connectivity index (χ0n) is 14.5. The molecule has 2 aromatic rings. The van der Waals surface area contributed by atoms with Crippen LogP contribution in [0.2, 0.25) is 0 Å². The van der Waals surface area contributed by atoms with Gasteiger partial charge >= 0.3 is 0 Å². The van der Waals surface area contributed by atoms with Crippen molar-refractivity contribution in [2.45, 2.75) is 50.5 Å². The summed E-state index contributed by atoms with van der Waals surface area (Å²) in [5, 5.41) is 0. The minimum Gasteiger partial charge on any atom is -0.332 e. The molecule has 6 heteroatoms. The highest BCUT2D eigenvalue weighted by Crippen LogP contribution is 2.30. The van der Waals surface area contributed by atoms with Gasteiger partial charge < -0.3 is 4.57 Å². The van der Waals surface area contributed by atoms with E-state index in [2.05, 4.69) is 23.4 Å². The molecule has 1 fully saturated rings. The Labute approximate surface area is 144 Å². The topological polar surface area (TPSA) is 55.2 Å². The largest absolute Gasteiger partial charge is 0.332 e. The summed E-state index contributed by atoms with van der Waals surface area (Å²) in [7, 11) is -3.45. The van der Waals surface area contributed by atoms with Crippen molar-refractivity contribution in [2.75, 3.05) is 13.1 Å². The first-order valence-electron chi connectivity index (χ1n) is 8.49. The fraction of sp³-hybridized carbons (Fsp3) is 0.500. The van der Waals surface area contributed by atoms with E-state index in [4.69, 9.17) is 0 Å². The molecule has 0 aliphatic carbocycles. The number of nitrogens with zero attached hydrogens (tertiary/aromatic N) is 3. The number of rotatable bonds is 4. The van der Waals surface area contributed by atoms with Gasteiger partial charge in [-0.2, -0.15) is 4.31 Å². The van der Waals surface area contributed by atoms with Crippen molar-refractivity contribution in [1.82, 2.24) is 13.9 Å². The molecule has 2 heterocycles. The Morgan fingerprint density at radius 2 is 2.08 bits per heavy atom. The van der Waals surface area contributed by atoms with Crippen LogP contribution in [0.1, 0.15) is 50.0 Å². The van der Waals surface area contributed by atoms with Gasteiger partial charge in [0.1, 0.15) is 5.82 Å². The molecule has 0 amide bonds. The summed E-state index contributed by atoms with van der Waals surface area (Å²) in [6.45, 7) is 7.23. The number of imidazole rings is 1. The third-order valence-corrected chi connectivity index (χ3v) is 6.49. The van der Waals surface area contributed by atoms with Crippen LogP contribution in [0.15, 0.2) is 41.6 Å². The molecule has 0 spiro atoms. The molecule has 0 unspecified atom stereocenters. The minimum absolute atomic E-state index is 0.149. The van der Waals surface area contributed by atoms with Crippen LogP contribution >= 0.6 is 0 Å². The second-order valence-electron chi connectivity index (χ2n) is 6.81. The minimum atomic E-state index is -3.45. The van der Waals surface area contributed by atoms with E-state index in [9.17, 15) is 8.42 Å². The molecule has 0 saturated carbocycles. The maximum Gasteiger partial charge on any atom is 0.243 e. The highest BCUT2D eigenvalue weighted by atomic mass is 32.2. The van der Waals surface area contributed by atoms with E-state index in [0.29, 0.717) is 24.0 Å². The van der Waals surface area contributed by atoms with Crippen molar-refractivity contribution in [2.24, 2.45) is 0 Å². The van der Waals surface area contributed by atoms with Crippen molar-refractivity contribution < 1.29 is 8.42 Å². The molecule has 3 rings (SSSR count). The van der Waals surface area contributed by atoms with Crippen molar-refractivity contribution in [3.05, 3.63) is 48.0 Å². The molecule has 5 nitrogen and oxygen atoms in total. The van der Waals surface area contributed by atoms with Crippen LogP contribution in [0, 0.1) is 6.92 Å². The Kier molecular flexibility index (Phi) is 4.78. The van der Waals surface area contributed by atoms with Gasteiger partial charge in [0.15, 0.2) is 0 Å². The van der Waals surface area contributed by atoms with E-state index in [1.807, 2.05) is 25.4 Å². The normalized spacial score (nSPS) is 19.8. The molecule has 1 aliphatic heterocycles. The van der Waals surface area contributed by atoms with Gasteiger partial charge in [-0.15, -0.1) is 0 Å². The molecule has 130 valence electrons. The van der Waals surface area contributed by atoms with Crippen molar-refractivity contribution in [1.29, 1.82) is 0 Å². The molecule has 1 aromatic heterocycles. The van der Waals surface area contributed by atoms with Gasteiger partial charge in [0.2, 0.25) is 10.0 Å². The molecule has 1 aromatic carbocycles. The molecule has 0 N–H and O–H groups in total. The smallest absolute Gasteiger partial charge is 0.243 e. The summed E-state index contributed by atoms with van der Waals surface area (Å²) < 4.78 is 29.7. The summed E-state index contributed by atoms with van der Waals surface area (Å²) in [5.74, 6) is 1.14. The van der Waals surface area contributed by atoms with Gasteiger partial charge in [0.25, 0.3) is 0 Å². The summed E-state index contributed by atoms with van der Waals surface area (Å²) in [6, 6.07) is 7.47. The van der Waals surface area contributed by atoms with Crippen molar-refractivity contribution >= 4 is 10.0 Å². The Balaban J connectivity index is 1.87. The van der Waals surface area contributed by atoms with Gasteiger partial charge in [-0.25, -0.2) is 13.4 Å². The molecule has 1 aliphatic rings. The van der Waals surface area contributed by atoms with Crippen LogP contribution < -0.4 is 0 Å². The molecular formula is C18H25N3O2S. The summed E-state index contributed by atoms with van der Waals surface area (Å²) in [4.78, 5) is 4.89.